The molecule has 0 spiro atoms. The largest absolute Gasteiger partial charge is 0.481 e. The molecule has 0 amide bonds. The van der Waals surface area contributed by atoms with E-state index in [1.165, 1.54) is 11.5 Å². The number of halogens is 1. The molecular formula is C10H14ClN3O2S. The summed E-state index contributed by atoms with van der Waals surface area (Å²) < 4.78 is 3.92. The van der Waals surface area contributed by atoms with Crippen molar-refractivity contribution in [2.75, 3.05) is 18.0 Å². The third-order valence-electron chi connectivity index (χ3n) is 3.51. The summed E-state index contributed by atoms with van der Waals surface area (Å²) in [5, 5.41) is 10.3. The van der Waals surface area contributed by atoms with Crippen LogP contribution in [0.2, 0.25) is 5.28 Å². The van der Waals surface area contributed by atoms with Crippen molar-refractivity contribution in [3.63, 3.8) is 0 Å². The molecule has 0 saturated carbocycles. The molecule has 1 N–H and O–H groups in total. The SMILES string of the molecule is CCC1(C(=O)O)CCN(c2nc(Cl)ns2)CC1. The summed E-state index contributed by atoms with van der Waals surface area (Å²) in [6, 6.07) is 0. The quantitative estimate of drug-likeness (QED) is 0.917. The van der Waals surface area contributed by atoms with E-state index in [0.717, 1.165) is 5.13 Å². The molecule has 2 rings (SSSR count). The standard InChI is InChI=1S/C10H14ClN3O2S/c1-2-10(7(15)16)3-5-14(6-4-10)9-12-8(11)13-17-9/h2-6H2,1H3,(H,15,16). The molecule has 17 heavy (non-hydrogen) atoms. The summed E-state index contributed by atoms with van der Waals surface area (Å²) in [4.78, 5) is 17.4. The highest BCUT2D eigenvalue weighted by molar-refractivity contribution is 7.10. The Kier molecular flexibility index (Phi) is 3.53. The molecule has 1 fully saturated rings. The lowest BCUT2D eigenvalue weighted by molar-refractivity contribution is -0.150. The smallest absolute Gasteiger partial charge is 0.309 e. The molecule has 1 aliphatic rings. The minimum absolute atomic E-state index is 0.260. The normalized spacial score (nSPS) is 19.3. The highest BCUT2D eigenvalue weighted by atomic mass is 35.5. The zero-order chi connectivity index (χ0) is 12.5. The van der Waals surface area contributed by atoms with Crippen molar-refractivity contribution in [1.82, 2.24) is 9.36 Å². The van der Waals surface area contributed by atoms with Gasteiger partial charge in [0.2, 0.25) is 10.4 Å². The lowest BCUT2D eigenvalue weighted by Gasteiger charge is -2.37. The molecule has 0 atom stereocenters. The van der Waals surface area contributed by atoms with Crippen LogP contribution >= 0.6 is 23.1 Å². The van der Waals surface area contributed by atoms with Gasteiger partial charge in [0.05, 0.1) is 5.41 Å². The van der Waals surface area contributed by atoms with Crippen molar-refractivity contribution in [2.45, 2.75) is 26.2 Å². The molecule has 0 bridgehead atoms. The molecular weight excluding hydrogens is 262 g/mol. The zero-order valence-corrected chi connectivity index (χ0v) is 11.1. The average Bonchev–Trinajstić information content (AvgIpc) is 2.76. The van der Waals surface area contributed by atoms with E-state index >= 15 is 0 Å². The van der Waals surface area contributed by atoms with Crippen LogP contribution in [-0.4, -0.2) is 33.5 Å². The number of carbonyl (C=O) groups is 1. The van der Waals surface area contributed by atoms with E-state index in [0.29, 0.717) is 32.4 Å². The van der Waals surface area contributed by atoms with Gasteiger partial charge in [-0.15, -0.1) is 0 Å². The summed E-state index contributed by atoms with van der Waals surface area (Å²) in [6.07, 6.45) is 1.97. The minimum Gasteiger partial charge on any atom is -0.481 e. The number of anilines is 1. The van der Waals surface area contributed by atoms with Gasteiger partial charge in [-0.05, 0) is 30.9 Å². The monoisotopic (exact) mass is 275 g/mol. The van der Waals surface area contributed by atoms with E-state index in [9.17, 15) is 9.90 Å². The van der Waals surface area contributed by atoms with Crippen LogP contribution in [0.25, 0.3) is 0 Å². The van der Waals surface area contributed by atoms with Crippen LogP contribution in [0, 0.1) is 5.41 Å². The maximum absolute atomic E-state index is 11.3. The highest BCUT2D eigenvalue weighted by Crippen LogP contribution is 2.37. The van der Waals surface area contributed by atoms with Gasteiger partial charge in [-0.25, -0.2) is 0 Å². The number of piperidine rings is 1. The molecule has 1 aromatic heterocycles. The molecule has 0 aliphatic carbocycles. The number of carboxylic acids is 1. The maximum Gasteiger partial charge on any atom is 0.309 e. The lowest BCUT2D eigenvalue weighted by Crippen LogP contribution is -2.44. The van der Waals surface area contributed by atoms with Crippen molar-refractivity contribution in [3.8, 4) is 0 Å². The van der Waals surface area contributed by atoms with E-state index in [1.807, 2.05) is 6.92 Å². The Balaban J connectivity index is 2.05. The second-order valence-corrected chi connectivity index (χ2v) is 5.34. The Morgan fingerprint density at radius 1 is 1.59 bits per heavy atom. The molecule has 1 aliphatic heterocycles. The van der Waals surface area contributed by atoms with Crippen LogP contribution in [0.3, 0.4) is 0 Å². The van der Waals surface area contributed by atoms with Gasteiger partial charge < -0.3 is 10.0 Å². The van der Waals surface area contributed by atoms with Gasteiger partial charge in [-0.3, -0.25) is 4.79 Å². The van der Waals surface area contributed by atoms with Crippen LogP contribution < -0.4 is 4.90 Å². The first-order valence-electron chi connectivity index (χ1n) is 5.55. The van der Waals surface area contributed by atoms with Crippen molar-refractivity contribution < 1.29 is 9.90 Å². The maximum atomic E-state index is 11.3. The molecule has 1 saturated heterocycles. The Morgan fingerprint density at radius 2 is 2.24 bits per heavy atom. The number of hydrogen-bond acceptors (Lipinski definition) is 5. The summed E-state index contributed by atoms with van der Waals surface area (Å²) in [5.41, 5.74) is -0.565. The predicted octanol–water partition coefficient (Wildman–Crippen LogP) is 2.27. The Morgan fingerprint density at radius 3 is 2.65 bits per heavy atom. The van der Waals surface area contributed by atoms with Crippen LogP contribution in [-0.2, 0) is 4.79 Å². The second-order valence-electron chi connectivity index (χ2n) is 4.27. The van der Waals surface area contributed by atoms with Gasteiger partial charge in [0, 0.05) is 24.6 Å². The summed E-state index contributed by atoms with van der Waals surface area (Å²) >= 11 is 6.94. The number of aliphatic carboxylic acids is 1. The van der Waals surface area contributed by atoms with E-state index < -0.39 is 11.4 Å². The van der Waals surface area contributed by atoms with Crippen molar-refractivity contribution in [3.05, 3.63) is 5.28 Å². The summed E-state index contributed by atoms with van der Waals surface area (Å²) in [7, 11) is 0. The number of carboxylic acid groups (broad SMARTS) is 1. The second kappa shape index (κ2) is 4.78. The third-order valence-corrected chi connectivity index (χ3v) is 4.56. The van der Waals surface area contributed by atoms with Crippen molar-refractivity contribution >= 4 is 34.2 Å². The molecule has 0 radical (unpaired) electrons. The average molecular weight is 276 g/mol. The first kappa shape index (κ1) is 12.6. The minimum atomic E-state index is -0.685. The van der Waals surface area contributed by atoms with Gasteiger partial charge in [0.1, 0.15) is 0 Å². The van der Waals surface area contributed by atoms with Crippen molar-refractivity contribution in [1.29, 1.82) is 0 Å². The Bertz CT molecular complexity index is 415. The predicted molar refractivity (Wildman–Crippen MR) is 66.7 cm³/mol. The Labute approximate surface area is 109 Å². The van der Waals surface area contributed by atoms with Crippen LogP contribution in [0.1, 0.15) is 26.2 Å². The van der Waals surface area contributed by atoms with Crippen LogP contribution in [0.5, 0.6) is 0 Å². The van der Waals surface area contributed by atoms with Crippen LogP contribution in [0.4, 0.5) is 5.13 Å². The molecule has 2 heterocycles. The highest BCUT2D eigenvalue weighted by Gasteiger charge is 2.40. The number of aromatic nitrogens is 2. The molecule has 0 unspecified atom stereocenters. The fourth-order valence-electron chi connectivity index (χ4n) is 2.17. The molecule has 1 aromatic rings. The fourth-order valence-corrected chi connectivity index (χ4v) is 3.03. The first-order valence-corrected chi connectivity index (χ1v) is 6.70. The summed E-state index contributed by atoms with van der Waals surface area (Å²) in [5.74, 6) is -0.685. The Hall–Kier alpha value is -0.880. The van der Waals surface area contributed by atoms with Gasteiger partial charge in [-0.1, -0.05) is 6.92 Å². The molecule has 0 aromatic carbocycles. The lowest BCUT2D eigenvalue weighted by atomic mass is 9.76. The van der Waals surface area contributed by atoms with E-state index in [-0.39, 0.29) is 5.28 Å². The molecule has 94 valence electrons. The van der Waals surface area contributed by atoms with Gasteiger partial charge in [-0.2, -0.15) is 9.36 Å². The molecule has 7 heteroatoms. The summed E-state index contributed by atoms with van der Waals surface area (Å²) in [6.45, 7) is 3.34. The van der Waals surface area contributed by atoms with E-state index in [2.05, 4.69) is 14.3 Å². The van der Waals surface area contributed by atoms with Gasteiger partial charge >= 0.3 is 5.97 Å². The van der Waals surface area contributed by atoms with Gasteiger partial charge in [0.15, 0.2) is 0 Å². The number of rotatable bonds is 3. The fraction of sp³-hybridized carbons (Fsp3) is 0.700. The molecule has 5 nitrogen and oxygen atoms in total. The first-order chi connectivity index (χ1) is 8.07. The van der Waals surface area contributed by atoms with E-state index in [1.54, 1.807) is 0 Å². The zero-order valence-electron chi connectivity index (χ0n) is 9.52. The third kappa shape index (κ3) is 2.37. The van der Waals surface area contributed by atoms with E-state index in [4.69, 9.17) is 11.6 Å². The number of hydrogen-bond donors (Lipinski definition) is 1. The van der Waals surface area contributed by atoms with Crippen LogP contribution in [0.15, 0.2) is 0 Å². The van der Waals surface area contributed by atoms with Crippen molar-refractivity contribution in [2.24, 2.45) is 5.41 Å². The topological polar surface area (TPSA) is 66.3 Å². The van der Waals surface area contributed by atoms with Gasteiger partial charge in [0.25, 0.3) is 0 Å². The number of nitrogens with zero attached hydrogens (tertiary/aromatic N) is 3.